The van der Waals surface area contributed by atoms with Crippen LogP contribution in [-0.4, -0.2) is 42.3 Å². The van der Waals surface area contributed by atoms with Gasteiger partial charge in [0.1, 0.15) is 5.60 Å². The second kappa shape index (κ2) is 6.05. The van der Waals surface area contributed by atoms with Crippen LogP contribution >= 0.6 is 0 Å². The Morgan fingerprint density at radius 1 is 1.61 bits per heavy atom. The molecule has 1 fully saturated rings. The Labute approximate surface area is 109 Å². The number of nitriles is 1. The Morgan fingerprint density at radius 3 is 2.78 bits per heavy atom. The topological polar surface area (TPSA) is 65.4 Å². The van der Waals surface area contributed by atoms with E-state index in [1.54, 1.807) is 4.90 Å². The summed E-state index contributed by atoms with van der Waals surface area (Å²) >= 11 is 0. The molecule has 2 unspecified atom stereocenters. The molecule has 1 amide bonds. The summed E-state index contributed by atoms with van der Waals surface area (Å²) in [5, 5.41) is 12.4. The van der Waals surface area contributed by atoms with Gasteiger partial charge in [-0.25, -0.2) is 4.79 Å². The van der Waals surface area contributed by atoms with Gasteiger partial charge in [0.15, 0.2) is 0 Å². The molecule has 1 aliphatic heterocycles. The molecular weight excluding hydrogens is 230 g/mol. The smallest absolute Gasteiger partial charge is 0.410 e. The third kappa shape index (κ3) is 3.88. The van der Waals surface area contributed by atoms with Crippen molar-refractivity contribution in [1.82, 2.24) is 10.2 Å². The largest absolute Gasteiger partial charge is 0.444 e. The summed E-state index contributed by atoms with van der Waals surface area (Å²) in [6.07, 6.45) is 0.421. The molecule has 1 saturated heterocycles. The van der Waals surface area contributed by atoms with Crippen LogP contribution in [0.5, 0.6) is 0 Å². The Balaban J connectivity index is 2.76. The molecule has 1 heterocycles. The molecule has 0 aromatic rings. The molecule has 1 rings (SSSR count). The second-order valence-electron chi connectivity index (χ2n) is 5.59. The fourth-order valence-corrected chi connectivity index (χ4v) is 2.08. The van der Waals surface area contributed by atoms with Crippen LogP contribution in [0.3, 0.4) is 0 Å². The highest BCUT2D eigenvalue weighted by Gasteiger charge is 2.34. The zero-order valence-electron chi connectivity index (χ0n) is 11.7. The monoisotopic (exact) mass is 253 g/mol. The molecule has 0 aromatic heterocycles. The van der Waals surface area contributed by atoms with E-state index in [0.29, 0.717) is 13.1 Å². The minimum Gasteiger partial charge on any atom is -0.444 e. The van der Waals surface area contributed by atoms with Crippen LogP contribution in [-0.2, 0) is 4.74 Å². The molecule has 0 saturated carbocycles. The number of hydrogen-bond donors (Lipinski definition) is 1. The lowest BCUT2D eigenvalue weighted by molar-refractivity contribution is 0.00739. The molecule has 2 atom stereocenters. The Hall–Kier alpha value is -1.28. The Bertz CT molecular complexity index is 330. The van der Waals surface area contributed by atoms with Crippen LogP contribution in [0.2, 0.25) is 0 Å². The Morgan fingerprint density at radius 2 is 2.28 bits per heavy atom. The summed E-state index contributed by atoms with van der Waals surface area (Å²) in [7, 11) is 0. The second-order valence-corrected chi connectivity index (χ2v) is 5.59. The van der Waals surface area contributed by atoms with E-state index < -0.39 is 5.60 Å². The highest BCUT2D eigenvalue weighted by Crippen LogP contribution is 2.19. The molecule has 1 aliphatic rings. The maximum atomic E-state index is 12.1. The third-order valence-electron chi connectivity index (χ3n) is 2.98. The van der Waals surface area contributed by atoms with Crippen molar-refractivity contribution in [3.8, 4) is 6.07 Å². The maximum absolute atomic E-state index is 12.1. The maximum Gasteiger partial charge on any atom is 0.410 e. The standard InChI is InChI=1S/C13H23N3O2/c1-5-10(8-14)11-9-15-6-7-16(11)12(17)18-13(2,3)4/h10-11,15H,5-7,9H2,1-4H3. The number of rotatable bonds is 2. The molecule has 0 spiro atoms. The van der Waals surface area contributed by atoms with Gasteiger partial charge in [-0.1, -0.05) is 6.92 Å². The average Bonchev–Trinajstić information content (AvgIpc) is 2.29. The van der Waals surface area contributed by atoms with Gasteiger partial charge in [0, 0.05) is 19.6 Å². The van der Waals surface area contributed by atoms with Crippen LogP contribution in [0.1, 0.15) is 34.1 Å². The fourth-order valence-electron chi connectivity index (χ4n) is 2.08. The number of ether oxygens (including phenoxy) is 1. The molecule has 5 nitrogen and oxygen atoms in total. The normalized spacial score (nSPS) is 22.2. The van der Waals surface area contributed by atoms with Crippen LogP contribution in [0, 0.1) is 17.2 Å². The van der Waals surface area contributed by atoms with E-state index in [1.165, 1.54) is 0 Å². The quantitative estimate of drug-likeness (QED) is 0.814. The molecule has 0 bridgehead atoms. The lowest BCUT2D eigenvalue weighted by Gasteiger charge is -2.38. The van der Waals surface area contributed by atoms with E-state index >= 15 is 0 Å². The minimum absolute atomic E-state index is 0.0939. The van der Waals surface area contributed by atoms with E-state index in [9.17, 15) is 4.79 Å². The summed E-state index contributed by atoms with van der Waals surface area (Å²) in [6.45, 7) is 9.52. The molecular formula is C13H23N3O2. The first-order valence-corrected chi connectivity index (χ1v) is 6.49. The predicted octanol–water partition coefficient (Wildman–Crippen LogP) is 1.75. The van der Waals surface area contributed by atoms with Gasteiger partial charge in [0.05, 0.1) is 18.0 Å². The summed E-state index contributed by atoms with van der Waals surface area (Å²) in [5.74, 6) is -0.148. The van der Waals surface area contributed by atoms with E-state index in [2.05, 4.69) is 11.4 Å². The number of hydrogen-bond acceptors (Lipinski definition) is 4. The summed E-state index contributed by atoms with van der Waals surface area (Å²) in [4.78, 5) is 13.8. The van der Waals surface area contributed by atoms with Crippen molar-refractivity contribution >= 4 is 6.09 Å². The van der Waals surface area contributed by atoms with Crippen LogP contribution in [0.25, 0.3) is 0 Å². The molecule has 5 heteroatoms. The molecule has 0 aromatic carbocycles. The van der Waals surface area contributed by atoms with Crippen molar-refractivity contribution < 1.29 is 9.53 Å². The minimum atomic E-state index is -0.499. The first-order chi connectivity index (χ1) is 8.39. The van der Waals surface area contributed by atoms with E-state index in [-0.39, 0.29) is 18.1 Å². The van der Waals surface area contributed by atoms with Crippen molar-refractivity contribution in [2.24, 2.45) is 5.92 Å². The van der Waals surface area contributed by atoms with Crippen molar-refractivity contribution in [2.45, 2.75) is 45.8 Å². The van der Waals surface area contributed by atoms with E-state index in [0.717, 1.165) is 13.0 Å². The SMILES string of the molecule is CCC(C#N)C1CNCCN1C(=O)OC(C)(C)C. The van der Waals surface area contributed by atoms with Gasteiger partial charge in [-0.2, -0.15) is 5.26 Å². The van der Waals surface area contributed by atoms with Crippen molar-refractivity contribution in [3.63, 3.8) is 0 Å². The summed E-state index contributed by atoms with van der Waals surface area (Å²) < 4.78 is 5.40. The fraction of sp³-hybridized carbons (Fsp3) is 0.846. The molecule has 102 valence electrons. The van der Waals surface area contributed by atoms with Gasteiger partial charge in [-0.05, 0) is 27.2 Å². The van der Waals surface area contributed by atoms with Crippen molar-refractivity contribution in [2.75, 3.05) is 19.6 Å². The van der Waals surface area contributed by atoms with Gasteiger partial charge in [0.25, 0.3) is 0 Å². The first kappa shape index (κ1) is 14.8. The third-order valence-corrected chi connectivity index (χ3v) is 2.98. The Kier molecular flexibility index (Phi) is 4.97. The molecule has 18 heavy (non-hydrogen) atoms. The molecule has 1 N–H and O–H groups in total. The number of carbonyl (C=O) groups excluding carboxylic acids is 1. The number of amides is 1. The first-order valence-electron chi connectivity index (χ1n) is 6.49. The predicted molar refractivity (Wildman–Crippen MR) is 69.0 cm³/mol. The summed E-state index contributed by atoms with van der Waals surface area (Å²) in [5.41, 5.74) is -0.499. The van der Waals surface area contributed by atoms with Crippen LogP contribution in [0.15, 0.2) is 0 Å². The summed E-state index contributed by atoms with van der Waals surface area (Å²) in [6, 6.07) is 2.19. The van der Waals surface area contributed by atoms with Crippen LogP contribution in [0.4, 0.5) is 4.79 Å². The van der Waals surface area contributed by atoms with E-state index in [4.69, 9.17) is 10.00 Å². The van der Waals surface area contributed by atoms with Crippen molar-refractivity contribution in [1.29, 1.82) is 5.26 Å². The van der Waals surface area contributed by atoms with Gasteiger partial charge >= 0.3 is 6.09 Å². The van der Waals surface area contributed by atoms with Gasteiger partial charge in [-0.3, -0.25) is 0 Å². The number of nitrogens with zero attached hydrogens (tertiary/aromatic N) is 2. The number of carbonyl (C=O) groups is 1. The number of piperazine rings is 1. The van der Waals surface area contributed by atoms with E-state index in [1.807, 2.05) is 27.7 Å². The van der Waals surface area contributed by atoms with Gasteiger partial charge in [0.2, 0.25) is 0 Å². The molecule has 0 radical (unpaired) electrons. The lowest BCUT2D eigenvalue weighted by atomic mass is 9.96. The number of nitrogens with one attached hydrogen (secondary N) is 1. The van der Waals surface area contributed by atoms with Gasteiger partial charge in [-0.15, -0.1) is 0 Å². The zero-order chi connectivity index (χ0) is 13.8. The average molecular weight is 253 g/mol. The van der Waals surface area contributed by atoms with Crippen LogP contribution < -0.4 is 5.32 Å². The van der Waals surface area contributed by atoms with Crippen molar-refractivity contribution in [3.05, 3.63) is 0 Å². The highest BCUT2D eigenvalue weighted by molar-refractivity contribution is 5.69. The molecule has 0 aliphatic carbocycles. The highest BCUT2D eigenvalue weighted by atomic mass is 16.6. The zero-order valence-corrected chi connectivity index (χ0v) is 11.7. The van der Waals surface area contributed by atoms with Gasteiger partial charge < -0.3 is 15.0 Å². The lowest BCUT2D eigenvalue weighted by Crippen LogP contribution is -2.57.